The van der Waals surface area contributed by atoms with Crippen molar-refractivity contribution < 1.29 is 4.79 Å². The Balaban J connectivity index is 1.58. The van der Waals surface area contributed by atoms with Gasteiger partial charge >= 0.3 is 0 Å². The lowest BCUT2D eigenvalue weighted by Crippen LogP contribution is -2.11. The number of amides is 1. The van der Waals surface area contributed by atoms with Gasteiger partial charge in [0.25, 0.3) is 5.91 Å². The third-order valence-electron chi connectivity index (χ3n) is 4.24. The summed E-state index contributed by atoms with van der Waals surface area (Å²) < 4.78 is 0. The van der Waals surface area contributed by atoms with Gasteiger partial charge in [-0.15, -0.1) is 11.3 Å². The molecule has 1 amide bonds. The highest BCUT2D eigenvalue weighted by Crippen LogP contribution is 2.28. The summed E-state index contributed by atoms with van der Waals surface area (Å²) in [6.45, 7) is 1.86. The van der Waals surface area contributed by atoms with E-state index < -0.39 is 0 Å². The molecule has 5 heteroatoms. The topological polar surface area (TPSA) is 54.9 Å². The maximum Gasteiger partial charge on any atom is 0.267 e. The van der Waals surface area contributed by atoms with Crippen molar-refractivity contribution in [3.8, 4) is 10.7 Å². The molecule has 0 radical (unpaired) electrons. The second-order valence-corrected chi connectivity index (χ2v) is 6.94. The minimum Gasteiger partial charge on any atom is -0.321 e. The quantitative estimate of drug-likeness (QED) is 0.778. The van der Waals surface area contributed by atoms with E-state index in [2.05, 4.69) is 27.4 Å². The number of rotatable bonds is 3. The predicted molar refractivity (Wildman–Crippen MR) is 96.5 cm³/mol. The number of aryl methyl sites for hydroxylation is 3. The molecular weight excluding hydrogens is 318 g/mol. The number of nitrogens with one attached hydrogen (secondary N) is 1. The molecule has 120 valence electrons. The highest BCUT2D eigenvalue weighted by atomic mass is 32.1. The number of aromatic nitrogens is 2. The molecule has 0 aliphatic heterocycles. The lowest BCUT2D eigenvalue weighted by Gasteiger charge is -2.06. The van der Waals surface area contributed by atoms with Crippen LogP contribution in [0.3, 0.4) is 0 Å². The van der Waals surface area contributed by atoms with Gasteiger partial charge in [-0.1, -0.05) is 12.1 Å². The van der Waals surface area contributed by atoms with Gasteiger partial charge in [0.15, 0.2) is 0 Å². The standard InChI is InChI=1S/C19H17N3OS/c1-12-17(24-19(21-12)16-7-2-3-10-20-16)18(23)22-15-9-8-13-5-4-6-14(13)11-15/h2-3,7-11H,4-6H2,1H3,(H,22,23). The number of carbonyl (C=O) groups excluding carboxylic acids is 1. The fourth-order valence-corrected chi connectivity index (χ4v) is 3.98. The van der Waals surface area contributed by atoms with E-state index in [1.165, 1.54) is 28.9 Å². The Morgan fingerprint density at radius 1 is 1.17 bits per heavy atom. The van der Waals surface area contributed by atoms with Crippen molar-refractivity contribution in [3.05, 3.63) is 64.3 Å². The third kappa shape index (κ3) is 2.83. The monoisotopic (exact) mass is 335 g/mol. The fraction of sp³-hybridized carbons (Fsp3) is 0.211. The average molecular weight is 335 g/mol. The Bertz CT molecular complexity index is 902. The molecule has 0 saturated carbocycles. The van der Waals surface area contributed by atoms with Crippen molar-refractivity contribution >= 4 is 22.9 Å². The van der Waals surface area contributed by atoms with Crippen molar-refractivity contribution in [2.24, 2.45) is 0 Å². The highest BCUT2D eigenvalue weighted by molar-refractivity contribution is 7.17. The van der Waals surface area contributed by atoms with E-state index in [1.54, 1.807) is 6.20 Å². The summed E-state index contributed by atoms with van der Waals surface area (Å²) in [5.74, 6) is -0.106. The van der Waals surface area contributed by atoms with Gasteiger partial charge in [0.1, 0.15) is 9.88 Å². The molecule has 1 aliphatic carbocycles. The molecule has 0 spiro atoms. The zero-order valence-corrected chi connectivity index (χ0v) is 14.2. The molecule has 3 aromatic rings. The van der Waals surface area contributed by atoms with Crippen LogP contribution in [0.1, 0.15) is 32.9 Å². The summed E-state index contributed by atoms with van der Waals surface area (Å²) in [4.78, 5) is 22.1. The third-order valence-corrected chi connectivity index (χ3v) is 5.42. The molecule has 0 bridgehead atoms. The first-order valence-electron chi connectivity index (χ1n) is 8.03. The molecule has 2 heterocycles. The number of anilines is 1. The molecule has 4 nitrogen and oxygen atoms in total. The summed E-state index contributed by atoms with van der Waals surface area (Å²) in [6.07, 6.45) is 5.18. The molecule has 4 rings (SSSR count). The Morgan fingerprint density at radius 3 is 2.88 bits per heavy atom. The zero-order valence-electron chi connectivity index (χ0n) is 13.4. The fourth-order valence-electron chi connectivity index (χ4n) is 3.04. The van der Waals surface area contributed by atoms with Crippen molar-refractivity contribution in [3.63, 3.8) is 0 Å². The van der Waals surface area contributed by atoms with E-state index in [9.17, 15) is 4.79 Å². The molecule has 24 heavy (non-hydrogen) atoms. The van der Waals surface area contributed by atoms with Gasteiger partial charge in [-0.2, -0.15) is 0 Å². The normalized spacial score (nSPS) is 12.9. The van der Waals surface area contributed by atoms with Gasteiger partial charge in [-0.05, 0) is 61.6 Å². The van der Waals surface area contributed by atoms with Gasteiger partial charge in [0, 0.05) is 11.9 Å². The summed E-state index contributed by atoms with van der Waals surface area (Å²) in [5.41, 5.74) is 5.14. The van der Waals surface area contributed by atoms with Crippen LogP contribution in [0.2, 0.25) is 0 Å². The van der Waals surface area contributed by atoms with Crippen LogP contribution in [0, 0.1) is 6.92 Å². The summed E-state index contributed by atoms with van der Waals surface area (Å²) in [5, 5.41) is 3.78. The van der Waals surface area contributed by atoms with Crippen LogP contribution < -0.4 is 5.32 Å². The van der Waals surface area contributed by atoms with Gasteiger partial charge in [0.2, 0.25) is 0 Å². The predicted octanol–water partition coefficient (Wildman–Crippen LogP) is 4.25. The van der Waals surface area contributed by atoms with Crippen LogP contribution in [-0.4, -0.2) is 15.9 Å². The SMILES string of the molecule is Cc1nc(-c2ccccn2)sc1C(=O)Nc1ccc2c(c1)CCC2. The van der Waals surface area contributed by atoms with Crippen LogP contribution in [0.4, 0.5) is 5.69 Å². The first kappa shape index (κ1) is 15.0. The summed E-state index contributed by atoms with van der Waals surface area (Å²) in [6, 6.07) is 11.9. The van der Waals surface area contributed by atoms with Gasteiger partial charge in [-0.3, -0.25) is 9.78 Å². The minimum atomic E-state index is -0.106. The highest BCUT2D eigenvalue weighted by Gasteiger charge is 2.18. The van der Waals surface area contributed by atoms with Crippen molar-refractivity contribution in [1.82, 2.24) is 9.97 Å². The first-order chi connectivity index (χ1) is 11.7. The molecule has 1 N–H and O–H groups in total. The van der Waals surface area contributed by atoms with Crippen LogP contribution in [0.15, 0.2) is 42.6 Å². The molecule has 1 aliphatic rings. The average Bonchev–Trinajstić information content (AvgIpc) is 3.21. The number of carbonyl (C=O) groups is 1. The molecule has 0 fully saturated rings. The number of fused-ring (bicyclic) bond motifs is 1. The number of hydrogen-bond donors (Lipinski definition) is 1. The molecule has 0 atom stereocenters. The lowest BCUT2D eigenvalue weighted by molar-refractivity contribution is 0.103. The Hall–Kier alpha value is -2.53. The number of thiazole rings is 1. The molecule has 2 aromatic heterocycles. The number of hydrogen-bond acceptors (Lipinski definition) is 4. The molecule has 0 unspecified atom stereocenters. The Morgan fingerprint density at radius 2 is 2.04 bits per heavy atom. The number of nitrogens with zero attached hydrogens (tertiary/aromatic N) is 2. The van der Waals surface area contributed by atoms with E-state index in [1.807, 2.05) is 31.2 Å². The van der Waals surface area contributed by atoms with Gasteiger partial charge in [0.05, 0.1) is 11.4 Å². The second kappa shape index (κ2) is 6.17. The zero-order chi connectivity index (χ0) is 16.5. The van der Waals surface area contributed by atoms with Crippen LogP contribution in [0.5, 0.6) is 0 Å². The molecule has 1 aromatic carbocycles. The van der Waals surface area contributed by atoms with Crippen molar-refractivity contribution in [1.29, 1.82) is 0 Å². The van der Waals surface area contributed by atoms with Crippen molar-refractivity contribution in [2.45, 2.75) is 26.2 Å². The van der Waals surface area contributed by atoms with E-state index >= 15 is 0 Å². The Kier molecular flexibility index (Phi) is 3.86. The summed E-state index contributed by atoms with van der Waals surface area (Å²) in [7, 11) is 0. The van der Waals surface area contributed by atoms with E-state index in [0.29, 0.717) is 4.88 Å². The van der Waals surface area contributed by atoms with Crippen molar-refractivity contribution in [2.75, 3.05) is 5.32 Å². The smallest absolute Gasteiger partial charge is 0.267 e. The van der Waals surface area contributed by atoms with Crippen LogP contribution in [-0.2, 0) is 12.8 Å². The Labute approximate surface area is 144 Å². The van der Waals surface area contributed by atoms with E-state index in [4.69, 9.17) is 0 Å². The van der Waals surface area contributed by atoms with Gasteiger partial charge < -0.3 is 5.32 Å². The molecule has 0 saturated heterocycles. The van der Waals surface area contributed by atoms with E-state index in [-0.39, 0.29) is 5.91 Å². The number of benzene rings is 1. The molecular formula is C19H17N3OS. The first-order valence-corrected chi connectivity index (χ1v) is 8.84. The maximum absolute atomic E-state index is 12.6. The minimum absolute atomic E-state index is 0.106. The summed E-state index contributed by atoms with van der Waals surface area (Å²) >= 11 is 1.38. The lowest BCUT2D eigenvalue weighted by atomic mass is 10.1. The largest absolute Gasteiger partial charge is 0.321 e. The number of pyridine rings is 1. The van der Waals surface area contributed by atoms with Crippen LogP contribution >= 0.6 is 11.3 Å². The van der Waals surface area contributed by atoms with Gasteiger partial charge in [-0.25, -0.2) is 4.98 Å². The van der Waals surface area contributed by atoms with E-state index in [0.717, 1.165) is 34.9 Å². The maximum atomic E-state index is 12.6. The second-order valence-electron chi connectivity index (χ2n) is 5.94. The van der Waals surface area contributed by atoms with Crippen LogP contribution in [0.25, 0.3) is 10.7 Å².